The minimum absolute atomic E-state index is 0.510. The molecule has 0 aromatic heterocycles. The number of hydrogen-bond donors (Lipinski definition) is 1. The highest BCUT2D eigenvalue weighted by atomic mass is 16.5. The Labute approximate surface area is 77.5 Å². The van der Waals surface area contributed by atoms with Crippen molar-refractivity contribution in [2.45, 2.75) is 19.8 Å². The molecular formula is C10H13NO2. The number of methoxy groups -OCH3 is 1. The number of rotatable bonds is 2. The molecule has 0 unspecified atom stereocenters. The lowest BCUT2D eigenvalue weighted by Crippen LogP contribution is -2.01. The van der Waals surface area contributed by atoms with E-state index < -0.39 is 0 Å². The topological polar surface area (TPSA) is 44.5 Å². The van der Waals surface area contributed by atoms with E-state index in [1.54, 1.807) is 7.11 Å². The van der Waals surface area contributed by atoms with E-state index in [4.69, 9.17) is 15.2 Å². The zero-order chi connectivity index (χ0) is 9.26. The molecule has 0 saturated carbocycles. The van der Waals surface area contributed by atoms with Crippen LogP contribution in [0.2, 0.25) is 0 Å². The summed E-state index contributed by atoms with van der Waals surface area (Å²) in [6, 6.07) is 4.09. The SMILES string of the molecule is COc1cc2c(cc1CN)COC2. The Kier molecular flexibility index (Phi) is 2.20. The third-order valence-electron chi connectivity index (χ3n) is 2.34. The Hall–Kier alpha value is -1.06. The average molecular weight is 179 g/mol. The van der Waals surface area contributed by atoms with Crippen LogP contribution < -0.4 is 10.5 Å². The molecule has 0 saturated heterocycles. The Morgan fingerprint density at radius 3 is 2.69 bits per heavy atom. The second-order valence-corrected chi connectivity index (χ2v) is 3.13. The maximum atomic E-state index is 5.60. The van der Waals surface area contributed by atoms with Gasteiger partial charge in [-0.3, -0.25) is 0 Å². The number of fused-ring (bicyclic) bond motifs is 1. The average Bonchev–Trinajstić information content (AvgIpc) is 2.62. The summed E-state index contributed by atoms with van der Waals surface area (Å²) in [4.78, 5) is 0. The molecule has 70 valence electrons. The van der Waals surface area contributed by atoms with Crippen LogP contribution in [-0.2, 0) is 24.5 Å². The van der Waals surface area contributed by atoms with E-state index >= 15 is 0 Å². The van der Waals surface area contributed by atoms with Crippen LogP contribution in [0.5, 0.6) is 5.75 Å². The third kappa shape index (κ3) is 1.41. The number of hydrogen-bond acceptors (Lipinski definition) is 3. The Morgan fingerprint density at radius 2 is 2.08 bits per heavy atom. The molecule has 0 radical (unpaired) electrons. The van der Waals surface area contributed by atoms with Gasteiger partial charge in [-0.25, -0.2) is 0 Å². The van der Waals surface area contributed by atoms with Gasteiger partial charge in [0, 0.05) is 12.1 Å². The lowest BCUT2D eigenvalue weighted by atomic mass is 10.1. The first kappa shape index (κ1) is 8.53. The van der Waals surface area contributed by atoms with Crippen LogP contribution in [0.25, 0.3) is 0 Å². The van der Waals surface area contributed by atoms with Crippen molar-refractivity contribution < 1.29 is 9.47 Å². The number of nitrogens with two attached hydrogens (primary N) is 1. The molecule has 1 aromatic rings. The molecule has 0 spiro atoms. The van der Waals surface area contributed by atoms with Crippen LogP contribution in [0, 0.1) is 0 Å². The largest absolute Gasteiger partial charge is 0.496 e. The first-order valence-corrected chi connectivity index (χ1v) is 4.31. The minimum Gasteiger partial charge on any atom is -0.496 e. The van der Waals surface area contributed by atoms with Gasteiger partial charge >= 0.3 is 0 Å². The molecule has 1 aromatic carbocycles. The molecule has 1 heterocycles. The highest BCUT2D eigenvalue weighted by Crippen LogP contribution is 2.28. The van der Waals surface area contributed by atoms with Crippen molar-refractivity contribution in [3.63, 3.8) is 0 Å². The van der Waals surface area contributed by atoms with Crippen LogP contribution >= 0.6 is 0 Å². The van der Waals surface area contributed by atoms with Gasteiger partial charge in [-0.05, 0) is 23.3 Å². The van der Waals surface area contributed by atoms with Crippen molar-refractivity contribution in [3.05, 3.63) is 28.8 Å². The van der Waals surface area contributed by atoms with Crippen LogP contribution in [0.1, 0.15) is 16.7 Å². The van der Waals surface area contributed by atoms with Gasteiger partial charge in [0.2, 0.25) is 0 Å². The van der Waals surface area contributed by atoms with Crippen LogP contribution in [0.4, 0.5) is 0 Å². The molecule has 3 heteroatoms. The fourth-order valence-electron chi connectivity index (χ4n) is 1.61. The van der Waals surface area contributed by atoms with E-state index in [1.807, 2.05) is 6.07 Å². The van der Waals surface area contributed by atoms with Crippen molar-refractivity contribution in [1.29, 1.82) is 0 Å². The molecule has 0 bridgehead atoms. The minimum atomic E-state index is 0.510. The molecular weight excluding hydrogens is 166 g/mol. The van der Waals surface area contributed by atoms with Crippen molar-refractivity contribution >= 4 is 0 Å². The number of ether oxygens (including phenoxy) is 2. The fourth-order valence-corrected chi connectivity index (χ4v) is 1.61. The van der Waals surface area contributed by atoms with E-state index in [-0.39, 0.29) is 0 Å². The summed E-state index contributed by atoms with van der Waals surface area (Å²) in [6.07, 6.45) is 0. The summed E-state index contributed by atoms with van der Waals surface area (Å²) in [7, 11) is 1.66. The molecule has 3 nitrogen and oxygen atoms in total. The van der Waals surface area contributed by atoms with Gasteiger partial charge in [0.25, 0.3) is 0 Å². The second kappa shape index (κ2) is 3.36. The molecule has 2 N–H and O–H groups in total. The van der Waals surface area contributed by atoms with Crippen molar-refractivity contribution in [1.82, 2.24) is 0 Å². The first-order valence-electron chi connectivity index (χ1n) is 4.31. The zero-order valence-corrected chi connectivity index (χ0v) is 7.67. The first-order chi connectivity index (χ1) is 6.35. The Morgan fingerprint density at radius 1 is 1.38 bits per heavy atom. The standard InChI is InChI=1S/C10H13NO2/c1-12-10-3-9-6-13-5-8(9)2-7(10)4-11/h2-3H,4-6,11H2,1H3. The van der Waals surface area contributed by atoms with Crippen LogP contribution in [0.3, 0.4) is 0 Å². The van der Waals surface area contributed by atoms with E-state index in [9.17, 15) is 0 Å². The lowest BCUT2D eigenvalue weighted by Gasteiger charge is -2.08. The molecule has 1 aliphatic heterocycles. The molecule has 2 rings (SSSR count). The molecule has 1 aliphatic rings. The molecule has 0 amide bonds. The Balaban J connectivity index is 2.47. The fraction of sp³-hybridized carbons (Fsp3) is 0.400. The van der Waals surface area contributed by atoms with Gasteiger partial charge in [0.15, 0.2) is 0 Å². The molecule has 0 fully saturated rings. The van der Waals surface area contributed by atoms with Gasteiger partial charge in [-0.1, -0.05) is 0 Å². The van der Waals surface area contributed by atoms with Crippen molar-refractivity contribution in [3.8, 4) is 5.75 Å². The highest BCUT2D eigenvalue weighted by molar-refractivity contribution is 5.43. The van der Waals surface area contributed by atoms with Gasteiger partial charge in [-0.15, -0.1) is 0 Å². The monoisotopic (exact) mass is 179 g/mol. The summed E-state index contributed by atoms with van der Waals surface area (Å²) in [5.74, 6) is 0.867. The van der Waals surface area contributed by atoms with Gasteiger partial charge in [-0.2, -0.15) is 0 Å². The van der Waals surface area contributed by atoms with Crippen molar-refractivity contribution in [2.75, 3.05) is 7.11 Å². The maximum absolute atomic E-state index is 5.60. The van der Waals surface area contributed by atoms with Crippen LogP contribution in [0.15, 0.2) is 12.1 Å². The van der Waals surface area contributed by atoms with Gasteiger partial charge in [0.05, 0.1) is 20.3 Å². The van der Waals surface area contributed by atoms with Crippen molar-refractivity contribution in [2.24, 2.45) is 5.73 Å². The summed E-state index contributed by atoms with van der Waals surface area (Å²) < 4.78 is 10.5. The smallest absolute Gasteiger partial charge is 0.123 e. The normalized spacial score (nSPS) is 14.3. The summed E-state index contributed by atoms with van der Waals surface area (Å²) in [5.41, 5.74) is 9.10. The Bertz CT molecular complexity index is 292. The van der Waals surface area contributed by atoms with E-state index in [0.717, 1.165) is 11.3 Å². The highest BCUT2D eigenvalue weighted by Gasteiger charge is 2.14. The predicted octanol–water partition coefficient (Wildman–Crippen LogP) is 1.18. The van der Waals surface area contributed by atoms with E-state index in [1.165, 1.54) is 11.1 Å². The number of benzene rings is 1. The zero-order valence-electron chi connectivity index (χ0n) is 7.67. The lowest BCUT2D eigenvalue weighted by molar-refractivity contribution is 0.134. The quantitative estimate of drug-likeness (QED) is 0.741. The molecule has 0 atom stereocenters. The van der Waals surface area contributed by atoms with E-state index in [2.05, 4.69) is 6.07 Å². The summed E-state index contributed by atoms with van der Waals surface area (Å²) >= 11 is 0. The summed E-state index contributed by atoms with van der Waals surface area (Å²) in [6.45, 7) is 1.90. The maximum Gasteiger partial charge on any atom is 0.123 e. The van der Waals surface area contributed by atoms with Gasteiger partial charge in [0.1, 0.15) is 5.75 Å². The van der Waals surface area contributed by atoms with E-state index in [0.29, 0.717) is 19.8 Å². The predicted molar refractivity (Wildman–Crippen MR) is 49.4 cm³/mol. The second-order valence-electron chi connectivity index (χ2n) is 3.13. The third-order valence-corrected chi connectivity index (χ3v) is 2.34. The van der Waals surface area contributed by atoms with Gasteiger partial charge < -0.3 is 15.2 Å². The molecule has 0 aliphatic carbocycles. The molecule has 13 heavy (non-hydrogen) atoms. The summed E-state index contributed by atoms with van der Waals surface area (Å²) in [5, 5.41) is 0. The van der Waals surface area contributed by atoms with Crippen LogP contribution in [-0.4, -0.2) is 7.11 Å².